The molecule has 3 aromatic heterocycles. The molecule has 23 heavy (non-hydrogen) atoms. The van der Waals surface area contributed by atoms with E-state index in [0.29, 0.717) is 6.04 Å². The van der Waals surface area contributed by atoms with Crippen LogP contribution in [0.25, 0.3) is 5.65 Å². The minimum Gasteiger partial charge on any atom is -0.350 e. The van der Waals surface area contributed by atoms with Crippen LogP contribution in [0.15, 0.2) is 30.9 Å². The number of piperazine rings is 1. The third-order valence-electron chi connectivity index (χ3n) is 4.32. The number of hydrogen-bond acceptors (Lipinski definition) is 6. The van der Waals surface area contributed by atoms with Gasteiger partial charge in [0.25, 0.3) is 0 Å². The SMILES string of the molecule is C[C@H]1CN(Cc2cnn(C)c2)CCN1c1ccc2nncn2n1. The molecule has 4 rings (SSSR count). The predicted molar refractivity (Wildman–Crippen MR) is 86.1 cm³/mol. The Kier molecular flexibility index (Phi) is 3.45. The van der Waals surface area contributed by atoms with E-state index >= 15 is 0 Å². The lowest BCUT2D eigenvalue weighted by atomic mass is 10.1. The maximum Gasteiger partial charge on any atom is 0.177 e. The number of fused-ring (bicyclic) bond motifs is 1. The Bertz CT molecular complexity index is 807. The van der Waals surface area contributed by atoms with Crippen LogP contribution in [0, 0.1) is 0 Å². The molecule has 0 saturated carbocycles. The number of aromatic nitrogens is 6. The molecular formula is C15H20N8. The fraction of sp³-hybridized carbons (Fsp3) is 0.467. The van der Waals surface area contributed by atoms with Gasteiger partial charge >= 0.3 is 0 Å². The summed E-state index contributed by atoms with van der Waals surface area (Å²) in [6.45, 7) is 6.18. The van der Waals surface area contributed by atoms with Gasteiger partial charge in [0.05, 0.1) is 6.20 Å². The number of rotatable bonds is 3. The van der Waals surface area contributed by atoms with Gasteiger partial charge in [-0.15, -0.1) is 15.3 Å². The second-order valence-electron chi connectivity index (χ2n) is 6.13. The van der Waals surface area contributed by atoms with E-state index in [1.54, 1.807) is 10.8 Å². The molecule has 4 heterocycles. The maximum absolute atomic E-state index is 4.61. The monoisotopic (exact) mass is 312 g/mol. The second kappa shape index (κ2) is 5.62. The van der Waals surface area contributed by atoms with Crippen LogP contribution in [0.4, 0.5) is 5.82 Å². The van der Waals surface area contributed by atoms with Crippen molar-refractivity contribution in [3.05, 3.63) is 36.4 Å². The maximum atomic E-state index is 4.61. The summed E-state index contributed by atoms with van der Waals surface area (Å²) < 4.78 is 3.58. The summed E-state index contributed by atoms with van der Waals surface area (Å²) in [6, 6.07) is 4.39. The molecule has 1 aliphatic heterocycles. The lowest BCUT2D eigenvalue weighted by Crippen LogP contribution is -2.52. The molecule has 8 heteroatoms. The van der Waals surface area contributed by atoms with Crippen LogP contribution in [-0.2, 0) is 13.6 Å². The van der Waals surface area contributed by atoms with Gasteiger partial charge in [-0.2, -0.15) is 9.61 Å². The van der Waals surface area contributed by atoms with E-state index in [9.17, 15) is 0 Å². The Morgan fingerprint density at radius 3 is 2.96 bits per heavy atom. The molecule has 0 N–H and O–H groups in total. The first-order valence-electron chi connectivity index (χ1n) is 7.82. The van der Waals surface area contributed by atoms with Crippen molar-refractivity contribution in [1.29, 1.82) is 0 Å². The minimum atomic E-state index is 0.404. The highest BCUT2D eigenvalue weighted by Gasteiger charge is 2.25. The van der Waals surface area contributed by atoms with E-state index < -0.39 is 0 Å². The van der Waals surface area contributed by atoms with Crippen LogP contribution in [0.1, 0.15) is 12.5 Å². The zero-order valence-electron chi connectivity index (χ0n) is 13.4. The molecule has 3 aromatic rings. The van der Waals surface area contributed by atoms with Gasteiger partial charge < -0.3 is 4.90 Å². The number of anilines is 1. The zero-order chi connectivity index (χ0) is 15.8. The average Bonchev–Trinajstić information content (AvgIpc) is 3.15. The van der Waals surface area contributed by atoms with Crippen molar-refractivity contribution in [2.45, 2.75) is 19.5 Å². The Labute approximate surface area is 134 Å². The first-order chi connectivity index (χ1) is 11.2. The molecule has 1 saturated heterocycles. The Balaban J connectivity index is 1.46. The normalized spacial score (nSPS) is 19.6. The summed E-state index contributed by atoms with van der Waals surface area (Å²) in [4.78, 5) is 4.81. The molecule has 0 aromatic carbocycles. The number of aryl methyl sites for hydroxylation is 1. The summed E-state index contributed by atoms with van der Waals surface area (Å²) in [7, 11) is 1.96. The van der Waals surface area contributed by atoms with Crippen molar-refractivity contribution < 1.29 is 0 Å². The quantitative estimate of drug-likeness (QED) is 0.704. The first kappa shape index (κ1) is 14.1. The van der Waals surface area contributed by atoms with Crippen LogP contribution in [-0.4, -0.2) is 60.2 Å². The molecule has 0 bridgehead atoms. The van der Waals surface area contributed by atoms with E-state index in [2.05, 4.69) is 43.3 Å². The van der Waals surface area contributed by atoms with Gasteiger partial charge in [0, 0.05) is 51.0 Å². The van der Waals surface area contributed by atoms with E-state index in [4.69, 9.17) is 0 Å². The molecule has 0 radical (unpaired) electrons. The molecule has 0 aliphatic carbocycles. The molecular weight excluding hydrogens is 292 g/mol. The van der Waals surface area contributed by atoms with Gasteiger partial charge in [-0.3, -0.25) is 9.58 Å². The number of nitrogens with zero attached hydrogens (tertiary/aromatic N) is 8. The highest BCUT2D eigenvalue weighted by molar-refractivity contribution is 5.46. The summed E-state index contributed by atoms with van der Waals surface area (Å²) in [5, 5.41) is 16.7. The van der Waals surface area contributed by atoms with Gasteiger partial charge in [0.15, 0.2) is 5.65 Å². The van der Waals surface area contributed by atoms with E-state index in [0.717, 1.165) is 37.6 Å². The number of hydrogen-bond donors (Lipinski definition) is 0. The Morgan fingerprint density at radius 1 is 1.26 bits per heavy atom. The Hall–Kier alpha value is -2.48. The fourth-order valence-electron chi connectivity index (χ4n) is 3.20. The van der Waals surface area contributed by atoms with Crippen molar-refractivity contribution >= 4 is 11.5 Å². The third kappa shape index (κ3) is 2.77. The van der Waals surface area contributed by atoms with Crippen molar-refractivity contribution in [3.63, 3.8) is 0 Å². The highest BCUT2D eigenvalue weighted by Crippen LogP contribution is 2.19. The van der Waals surface area contributed by atoms with Crippen molar-refractivity contribution in [2.24, 2.45) is 7.05 Å². The largest absolute Gasteiger partial charge is 0.350 e. The fourth-order valence-corrected chi connectivity index (χ4v) is 3.20. The summed E-state index contributed by atoms with van der Waals surface area (Å²) in [5.41, 5.74) is 2.04. The second-order valence-corrected chi connectivity index (χ2v) is 6.13. The average molecular weight is 312 g/mol. The van der Waals surface area contributed by atoms with Gasteiger partial charge in [-0.1, -0.05) is 0 Å². The Morgan fingerprint density at radius 2 is 2.17 bits per heavy atom. The van der Waals surface area contributed by atoms with Gasteiger partial charge in [-0.25, -0.2) is 0 Å². The molecule has 0 unspecified atom stereocenters. The van der Waals surface area contributed by atoms with Crippen LogP contribution in [0.2, 0.25) is 0 Å². The summed E-state index contributed by atoms with van der Waals surface area (Å²) >= 11 is 0. The molecule has 8 nitrogen and oxygen atoms in total. The van der Waals surface area contributed by atoms with Crippen molar-refractivity contribution in [2.75, 3.05) is 24.5 Å². The molecule has 1 fully saturated rings. The lowest BCUT2D eigenvalue weighted by Gasteiger charge is -2.40. The van der Waals surface area contributed by atoms with Crippen LogP contribution in [0.3, 0.4) is 0 Å². The standard InChI is InChI=1S/C15H20N8/c1-12-8-21(10-13-7-17-20(2)9-13)5-6-22(12)15-4-3-14-18-16-11-23(14)19-15/h3-4,7,9,11-12H,5-6,8,10H2,1-2H3/t12-/m0/s1. The summed E-state index contributed by atoms with van der Waals surface area (Å²) in [5.74, 6) is 0.978. The molecule has 0 amide bonds. The summed E-state index contributed by atoms with van der Waals surface area (Å²) in [6.07, 6.45) is 5.67. The van der Waals surface area contributed by atoms with Crippen LogP contribution >= 0.6 is 0 Å². The van der Waals surface area contributed by atoms with Gasteiger partial charge in [-0.05, 0) is 19.1 Å². The van der Waals surface area contributed by atoms with Gasteiger partial charge in [0.1, 0.15) is 12.1 Å². The minimum absolute atomic E-state index is 0.404. The highest BCUT2D eigenvalue weighted by atomic mass is 15.4. The first-order valence-corrected chi connectivity index (χ1v) is 7.82. The molecule has 0 spiro atoms. The molecule has 1 atom stereocenters. The van der Waals surface area contributed by atoms with Crippen LogP contribution < -0.4 is 4.90 Å². The van der Waals surface area contributed by atoms with Crippen LogP contribution in [0.5, 0.6) is 0 Å². The zero-order valence-corrected chi connectivity index (χ0v) is 13.4. The smallest absolute Gasteiger partial charge is 0.177 e. The van der Waals surface area contributed by atoms with E-state index in [1.165, 1.54) is 5.56 Å². The molecule has 1 aliphatic rings. The van der Waals surface area contributed by atoms with E-state index in [1.807, 2.05) is 30.1 Å². The predicted octanol–water partition coefficient (Wildman–Crippen LogP) is 0.568. The van der Waals surface area contributed by atoms with Crippen molar-refractivity contribution in [3.8, 4) is 0 Å². The van der Waals surface area contributed by atoms with Gasteiger partial charge in [0.2, 0.25) is 0 Å². The third-order valence-corrected chi connectivity index (χ3v) is 4.32. The van der Waals surface area contributed by atoms with E-state index in [-0.39, 0.29) is 0 Å². The topological polar surface area (TPSA) is 67.4 Å². The molecule has 120 valence electrons. The van der Waals surface area contributed by atoms with Crippen molar-refractivity contribution in [1.82, 2.24) is 34.5 Å². The lowest BCUT2D eigenvalue weighted by molar-refractivity contribution is 0.220.